The van der Waals surface area contributed by atoms with Crippen molar-refractivity contribution in [2.75, 3.05) is 0 Å². The van der Waals surface area contributed by atoms with Crippen LogP contribution in [0, 0.1) is 0 Å². The van der Waals surface area contributed by atoms with E-state index in [0.717, 1.165) is 24.2 Å². The Bertz CT molecular complexity index is 1240. The van der Waals surface area contributed by atoms with E-state index in [1.807, 2.05) is 46.0 Å². The maximum atomic E-state index is 13.1. The second-order valence-corrected chi connectivity index (χ2v) is 7.13. The minimum absolute atomic E-state index is 0.0100. The van der Waals surface area contributed by atoms with Crippen LogP contribution in [0.3, 0.4) is 0 Å². The molecule has 0 N–H and O–H groups in total. The number of imidazole rings is 1. The number of rotatable bonds is 5. The van der Waals surface area contributed by atoms with Crippen LogP contribution in [0.1, 0.15) is 18.5 Å². The fraction of sp³-hybridized carbons (Fsp3) is 0.238. The molecule has 4 aromatic rings. The Labute approximate surface area is 160 Å². The highest BCUT2D eigenvalue weighted by Gasteiger charge is 2.33. The Hall–Kier alpha value is -3.48. The molecular weight excluding hydrogens is 354 g/mol. The number of nitrogens with zero attached hydrogens (tertiary/aromatic N) is 5. The molecular formula is C21H19N5O2. The molecule has 1 aliphatic rings. The third kappa shape index (κ3) is 2.94. The number of fused-ring (bicyclic) bond motifs is 2. The van der Waals surface area contributed by atoms with Crippen LogP contribution < -0.4 is 5.56 Å². The molecule has 0 radical (unpaired) electrons. The lowest BCUT2D eigenvalue weighted by Crippen LogP contribution is -2.38. The van der Waals surface area contributed by atoms with E-state index in [1.54, 1.807) is 18.2 Å². The van der Waals surface area contributed by atoms with E-state index in [-0.39, 0.29) is 24.1 Å². The van der Waals surface area contributed by atoms with Crippen molar-refractivity contribution in [1.29, 1.82) is 0 Å². The Morgan fingerprint density at radius 3 is 2.79 bits per heavy atom. The molecule has 7 nitrogen and oxygen atoms in total. The molecule has 0 bridgehead atoms. The molecule has 28 heavy (non-hydrogen) atoms. The largest absolute Gasteiger partial charge is 0.332 e. The van der Waals surface area contributed by atoms with Crippen molar-refractivity contribution in [1.82, 2.24) is 23.8 Å². The monoisotopic (exact) mass is 373 g/mol. The molecule has 0 spiro atoms. The van der Waals surface area contributed by atoms with Gasteiger partial charge in [-0.3, -0.25) is 14.2 Å². The van der Waals surface area contributed by atoms with Gasteiger partial charge >= 0.3 is 0 Å². The molecule has 1 aliphatic carbocycles. The predicted molar refractivity (Wildman–Crippen MR) is 105 cm³/mol. The fourth-order valence-corrected chi connectivity index (χ4v) is 3.54. The number of carbonyl (C=O) groups excluding carboxylic acids is 1. The molecule has 0 saturated heterocycles. The molecule has 0 unspecified atom stereocenters. The second kappa shape index (κ2) is 6.60. The first-order chi connectivity index (χ1) is 13.7. The zero-order valence-corrected chi connectivity index (χ0v) is 15.2. The standard InChI is InChI=1S/C21H19N5O2/c27-20(13-24-14-23-18-6-2-1-5-17(18)21(24)28)26(15-8-9-15)12-16-11-22-19-7-3-4-10-25(16)19/h1-7,10-11,14-15H,8-9,12-13H2. The highest BCUT2D eigenvalue weighted by molar-refractivity contribution is 5.79. The van der Waals surface area contributed by atoms with Gasteiger partial charge in [0.25, 0.3) is 5.56 Å². The van der Waals surface area contributed by atoms with Gasteiger partial charge in [0.15, 0.2) is 0 Å². The molecule has 3 aromatic heterocycles. The minimum Gasteiger partial charge on any atom is -0.332 e. The second-order valence-electron chi connectivity index (χ2n) is 7.13. The van der Waals surface area contributed by atoms with Crippen LogP contribution in [-0.4, -0.2) is 35.8 Å². The number of benzene rings is 1. The molecule has 1 aromatic carbocycles. The molecule has 1 saturated carbocycles. The first-order valence-electron chi connectivity index (χ1n) is 9.35. The molecule has 3 heterocycles. The third-order valence-corrected chi connectivity index (χ3v) is 5.17. The summed E-state index contributed by atoms with van der Waals surface area (Å²) < 4.78 is 3.39. The van der Waals surface area contributed by atoms with Gasteiger partial charge in [-0.15, -0.1) is 0 Å². The predicted octanol–water partition coefficient (Wildman–Crippen LogP) is 2.24. The van der Waals surface area contributed by atoms with Crippen molar-refractivity contribution in [2.24, 2.45) is 0 Å². The molecule has 1 fully saturated rings. The van der Waals surface area contributed by atoms with Gasteiger partial charge in [0.2, 0.25) is 5.91 Å². The van der Waals surface area contributed by atoms with Crippen LogP contribution in [0.25, 0.3) is 16.6 Å². The first-order valence-corrected chi connectivity index (χ1v) is 9.35. The molecule has 140 valence electrons. The van der Waals surface area contributed by atoms with Gasteiger partial charge in [0, 0.05) is 12.2 Å². The Morgan fingerprint density at radius 2 is 1.93 bits per heavy atom. The smallest absolute Gasteiger partial charge is 0.261 e. The van der Waals surface area contributed by atoms with Crippen LogP contribution in [0.15, 0.2) is 66.0 Å². The van der Waals surface area contributed by atoms with E-state index in [4.69, 9.17) is 0 Å². The summed E-state index contributed by atoms with van der Waals surface area (Å²) in [5.74, 6) is -0.0763. The van der Waals surface area contributed by atoms with E-state index in [9.17, 15) is 9.59 Å². The number of amides is 1. The van der Waals surface area contributed by atoms with Gasteiger partial charge in [-0.1, -0.05) is 18.2 Å². The lowest BCUT2D eigenvalue weighted by atomic mass is 10.2. The fourth-order valence-electron chi connectivity index (χ4n) is 3.54. The van der Waals surface area contributed by atoms with E-state index in [1.165, 1.54) is 10.9 Å². The minimum atomic E-state index is -0.190. The Kier molecular flexibility index (Phi) is 3.93. The van der Waals surface area contributed by atoms with E-state index in [0.29, 0.717) is 17.4 Å². The van der Waals surface area contributed by atoms with Crippen molar-refractivity contribution in [3.05, 3.63) is 77.2 Å². The Balaban J connectivity index is 1.42. The lowest BCUT2D eigenvalue weighted by molar-refractivity contribution is -0.133. The van der Waals surface area contributed by atoms with Crippen molar-refractivity contribution >= 4 is 22.5 Å². The maximum absolute atomic E-state index is 13.1. The molecule has 0 atom stereocenters. The average molecular weight is 373 g/mol. The molecule has 0 aliphatic heterocycles. The number of aromatic nitrogens is 4. The summed E-state index contributed by atoms with van der Waals surface area (Å²) in [6.07, 6.45) is 7.20. The van der Waals surface area contributed by atoms with Gasteiger partial charge in [-0.2, -0.15) is 0 Å². The molecule has 1 amide bonds. The van der Waals surface area contributed by atoms with Gasteiger partial charge in [0.05, 0.1) is 35.7 Å². The van der Waals surface area contributed by atoms with Crippen molar-refractivity contribution in [3.8, 4) is 0 Å². The van der Waals surface area contributed by atoms with Crippen molar-refractivity contribution in [3.63, 3.8) is 0 Å². The van der Waals surface area contributed by atoms with Crippen LogP contribution in [0.4, 0.5) is 0 Å². The van der Waals surface area contributed by atoms with Gasteiger partial charge in [0.1, 0.15) is 12.2 Å². The zero-order chi connectivity index (χ0) is 19.1. The summed E-state index contributed by atoms with van der Waals surface area (Å²) in [7, 11) is 0. The van der Waals surface area contributed by atoms with E-state index < -0.39 is 0 Å². The summed E-state index contributed by atoms with van der Waals surface area (Å²) in [5.41, 5.74) is 2.26. The van der Waals surface area contributed by atoms with Crippen LogP contribution in [0.2, 0.25) is 0 Å². The molecule has 7 heteroatoms. The van der Waals surface area contributed by atoms with Gasteiger partial charge < -0.3 is 9.30 Å². The number of hydrogen-bond donors (Lipinski definition) is 0. The van der Waals surface area contributed by atoms with E-state index >= 15 is 0 Å². The molecule has 5 rings (SSSR count). The summed E-state index contributed by atoms with van der Waals surface area (Å²) in [5, 5.41) is 0.526. The van der Waals surface area contributed by atoms with Crippen molar-refractivity contribution in [2.45, 2.75) is 32.0 Å². The van der Waals surface area contributed by atoms with Crippen LogP contribution in [0.5, 0.6) is 0 Å². The van der Waals surface area contributed by atoms with Gasteiger partial charge in [-0.25, -0.2) is 9.97 Å². The van der Waals surface area contributed by atoms with E-state index in [2.05, 4.69) is 9.97 Å². The summed E-state index contributed by atoms with van der Waals surface area (Å²) >= 11 is 0. The van der Waals surface area contributed by atoms with Crippen LogP contribution >= 0.6 is 0 Å². The maximum Gasteiger partial charge on any atom is 0.261 e. The Morgan fingerprint density at radius 1 is 1.11 bits per heavy atom. The number of para-hydroxylation sites is 1. The lowest BCUT2D eigenvalue weighted by Gasteiger charge is -2.22. The summed E-state index contributed by atoms with van der Waals surface area (Å²) in [6, 6.07) is 13.2. The van der Waals surface area contributed by atoms with Crippen LogP contribution in [-0.2, 0) is 17.9 Å². The third-order valence-electron chi connectivity index (χ3n) is 5.17. The summed E-state index contributed by atoms with van der Waals surface area (Å²) in [6.45, 7) is 0.467. The normalized spacial score (nSPS) is 13.9. The topological polar surface area (TPSA) is 72.5 Å². The van der Waals surface area contributed by atoms with Crippen molar-refractivity contribution < 1.29 is 4.79 Å². The number of pyridine rings is 1. The quantitative estimate of drug-likeness (QED) is 0.538. The SMILES string of the molecule is O=C(Cn1cnc2ccccc2c1=O)N(Cc1cnc2ccccn12)C1CC1. The average Bonchev–Trinajstić information content (AvgIpc) is 3.48. The van der Waals surface area contributed by atoms with Gasteiger partial charge in [-0.05, 0) is 37.1 Å². The zero-order valence-electron chi connectivity index (χ0n) is 15.2. The number of hydrogen-bond acceptors (Lipinski definition) is 4. The first kappa shape index (κ1) is 16.7. The highest BCUT2D eigenvalue weighted by atomic mass is 16.2. The number of carbonyl (C=O) groups is 1. The highest BCUT2D eigenvalue weighted by Crippen LogP contribution is 2.28. The summed E-state index contributed by atoms with van der Waals surface area (Å²) in [4.78, 5) is 36.3.